The summed E-state index contributed by atoms with van der Waals surface area (Å²) in [6, 6.07) is 5.07. The van der Waals surface area contributed by atoms with Gasteiger partial charge in [0, 0.05) is 6.20 Å². The van der Waals surface area contributed by atoms with Gasteiger partial charge in [-0.2, -0.15) is 0 Å². The fraction of sp³-hybridized carbons (Fsp3) is 0.583. The predicted octanol–water partition coefficient (Wildman–Crippen LogP) is 2.58. The average molecular weight is 239 g/mol. The Morgan fingerprint density at radius 2 is 1.75 bits per heavy atom. The van der Waals surface area contributed by atoms with Crippen LogP contribution in [0.4, 0.5) is 0 Å². The predicted molar refractivity (Wildman–Crippen MR) is 62.9 cm³/mol. The third kappa shape index (κ3) is 2.43. The molecule has 0 amide bonds. The molecule has 4 heteroatoms. The first-order valence-corrected chi connectivity index (χ1v) is 7.41. The molecule has 0 bridgehead atoms. The molecule has 0 atom stereocenters. The molecule has 1 aliphatic carbocycles. The third-order valence-electron chi connectivity index (χ3n) is 3.17. The lowest BCUT2D eigenvalue weighted by Crippen LogP contribution is -2.21. The summed E-state index contributed by atoms with van der Waals surface area (Å²) in [6.45, 7) is 0. The van der Waals surface area contributed by atoms with E-state index in [1.165, 1.54) is 0 Å². The smallest absolute Gasteiger partial charge is 0.198 e. The monoisotopic (exact) mass is 239 g/mol. The second-order valence-corrected chi connectivity index (χ2v) is 6.50. The van der Waals surface area contributed by atoms with Crippen LogP contribution in [0.2, 0.25) is 0 Å². The third-order valence-corrected chi connectivity index (χ3v) is 5.34. The first-order valence-electron chi connectivity index (χ1n) is 5.86. The minimum absolute atomic E-state index is 0.218. The number of pyridine rings is 1. The van der Waals surface area contributed by atoms with Gasteiger partial charge in [-0.05, 0) is 25.0 Å². The molecule has 0 aliphatic heterocycles. The second-order valence-electron chi connectivity index (χ2n) is 4.33. The van der Waals surface area contributed by atoms with Crippen LogP contribution in [0, 0.1) is 0 Å². The zero-order valence-electron chi connectivity index (χ0n) is 9.30. The quantitative estimate of drug-likeness (QED) is 0.745. The van der Waals surface area contributed by atoms with Crippen LogP contribution in [0.15, 0.2) is 29.4 Å². The van der Waals surface area contributed by atoms with Crippen molar-refractivity contribution in [2.24, 2.45) is 0 Å². The van der Waals surface area contributed by atoms with Crippen LogP contribution in [-0.2, 0) is 9.84 Å². The highest BCUT2D eigenvalue weighted by Crippen LogP contribution is 2.26. The standard InChI is InChI=1S/C12H17NO2S/c14-16(15,12-9-5-6-10-13-12)11-7-3-1-2-4-8-11/h5-6,9-11H,1-4,7-8H2. The van der Waals surface area contributed by atoms with Crippen molar-refractivity contribution in [3.63, 3.8) is 0 Å². The summed E-state index contributed by atoms with van der Waals surface area (Å²) < 4.78 is 24.6. The average Bonchev–Trinajstić information content (AvgIpc) is 2.59. The topological polar surface area (TPSA) is 47.0 Å². The van der Waals surface area contributed by atoms with Crippen molar-refractivity contribution in [1.29, 1.82) is 0 Å². The van der Waals surface area contributed by atoms with Crippen molar-refractivity contribution in [2.75, 3.05) is 0 Å². The summed E-state index contributed by atoms with van der Waals surface area (Å²) >= 11 is 0. The van der Waals surface area contributed by atoms with Crippen LogP contribution in [0.3, 0.4) is 0 Å². The van der Waals surface area contributed by atoms with E-state index in [1.807, 2.05) is 0 Å². The molecule has 0 radical (unpaired) electrons. The Morgan fingerprint density at radius 1 is 1.06 bits per heavy atom. The highest BCUT2D eigenvalue weighted by atomic mass is 32.2. The minimum atomic E-state index is -3.20. The van der Waals surface area contributed by atoms with Gasteiger partial charge in [-0.15, -0.1) is 0 Å². The maximum Gasteiger partial charge on any atom is 0.198 e. The van der Waals surface area contributed by atoms with E-state index in [0.717, 1.165) is 38.5 Å². The largest absolute Gasteiger partial charge is 0.245 e. The maximum atomic E-state index is 12.3. The van der Waals surface area contributed by atoms with Gasteiger partial charge < -0.3 is 0 Å². The molecular weight excluding hydrogens is 222 g/mol. The molecule has 1 saturated carbocycles. The highest BCUT2D eigenvalue weighted by Gasteiger charge is 2.28. The lowest BCUT2D eigenvalue weighted by molar-refractivity contribution is 0.559. The maximum absolute atomic E-state index is 12.3. The summed E-state index contributed by atoms with van der Waals surface area (Å²) in [4.78, 5) is 3.97. The molecule has 2 rings (SSSR count). The summed E-state index contributed by atoms with van der Waals surface area (Å²) in [5.41, 5.74) is 0. The molecule has 0 N–H and O–H groups in total. The van der Waals surface area contributed by atoms with Gasteiger partial charge in [0.05, 0.1) is 5.25 Å². The highest BCUT2D eigenvalue weighted by molar-refractivity contribution is 7.92. The SMILES string of the molecule is O=S(=O)(c1ccccn1)C1CCCCCC1. The van der Waals surface area contributed by atoms with Gasteiger partial charge in [-0.1, -0.05) is 31.7 Å². The summed E-state index contributed by atoms with van der Waals surface area (Å²) in [6.07, 6.45) is 7.50. The first-order chi connectivity index (χ1) is 7.71. The summed E-state index contributed by atoms with van der Waals surface area (Å²) in [7, 11) is -3.20. The van der Waals surface area contributed by atoms with Gasteiger partial charge in [0.1, 0.15) is 0 Å². The zero-order chi connectivity index (χ0) is 11.4. The van der Waals surface area contributed by atoms with E-state index in [4.69, 9.17) is 0 Å². The number of nitrogens with zero attached hydrogens (tertiary/aromatic N) is 1. The number of hydrogen-bond acceptors (Lipinski definition) is 3. The van der Waals surface area contributed by atoms with Crippen molar-refractivity contribution in [3.05, 3.63) is 24.4 Å². The Bertz CT molecular complexity index is 420. The molecule has 3 nitrogen and oxygen atoms in total. The van der Waals surface area contributed by atoms with E-state index in [0.29, 0.717) is 0 Å². The van der Waals surface area contributed by atoms with Crippen molar-refractivity contribution >= 4 is 9.84 Å². The van der Waals surface area contributed by atoms with Gasteiger partial charge in [0.2, 0.25) is 0 Å². The zero-order valence-corrected chi connectivity index (χ0v) is 10.1. The lowest BCUT2D eigenvalue weighted by Gasteiger charge is -2.14. The number of rotatable bonds is 2. The van der Waals surface area contributed by atoms with Crippen LogP contribution < -0.4 is 0 Å². The van der Waals surface area contributed by atoms with E-state index in [1.54, 1.807) is 24.4 Å². The van der Waals surface area contributed by atoms with Gasteiger partial charge >= 0.3 is 0 Å². The van der Waals surface area contributed by atoms with Crippen LogP contribution in [0.1, 0.15) is 38.5 Å². The molecule has 88 valence electrons. The molecule has 0 unspecified atom stereocenters. The van der Waals surface area contributed by atoms with Crippen LogP contribution in [-0.4, -0.2) is 18.7 Å². The Hall–Kier alpha value is -0.900. The fourth-order valence-corrected chi connectivity index (χ4v) is 4.01. The minimum Gasteiger partial charge on any atom is -0.245 e. The van der Waals surface area contributed by atoms with Crippen LogP contribution in [0.5, 0.6) is 0 Å². The van der Waals surface area contributed by atoms with Gasteiger partial charge in [0.15, 0.2) is 14.9 Å². The van der Waals surface area contributed by atoms with E-state index >= 15 is 0 Å². The molecule has 0 saturated heterocycles. The van der Waals surface area contributed by atoms with Gasteiger partial charge in [-0.25, -0.2) is 13.4 Å². The Labute approximate surface area is 96.8 Å². The first kappa shape index (κ1) is 11.6. The molecule has 1 aromatic rings. The van der Waals surface area contributed by atoms with Gasteiger partial charge in [0.25, 0.3) is 0 Å². The van der Waals surface area contributed by atoms with E-state index in [-0.39, 0.29) is 10.3 Å². The van der Waals surface area contributed by atoms with E-state index in [2.05, 4.69) is 4.98 Å². The Morgan fingerprint density at radius 3 is 2.31 bits per heavy atom. The van der Waals surface area contributed by atoms with Gasteiger partial charge in [-0.3, -0.25) is 0 Å². The molecule has 16 heavy (non-hydrogen) atoms. The van der Waals surface area contributed by atoms with E-state index in [9.17, 15) is 8.42 Å². The van der Waals surface area contributed by atoms with Crippen molar-refractivity contribution in [1.82, 2.24) is 4.98 Å². The number of hydrogen-bond donors (Lipinski definition) is 0. The molecule has 1 aliphatic rings. The fourth-order valence-electron chi connectivity index (χ4n) is 2.24. The summed E-state index contributed by atoms with van der Waals surface area (Å²) in [5, 5.41) is 0.0202. The number of sulfone groups is 1. The summed E-state index contributed by atoms with van der Waals surface area (Å²) in [5.74, 6) is 0. The normalized spacial score (nSPS) is 19.2. The molecule has 0 aromatic carbocycles. The van der Waals surface area contributed by atoms with E-state index < -0.39 is 9.84 Å². The Balaban J connectivity index is 2.24. The molecule has 1 heterocycles. The van der Waals surface area contributed by atoms with Crippen LogP contribution >= 0.6 is 0 Å². The lowest BCUT2D eigenvalue weighted by atomic mass is 10.2. The van der Waals surface area contributed by atoms with Crippen LogP contribution in [0.25, 0.3) is 0 Å². The van der Waals surface area contributed by atoms with Crippen molar-refractivity contribution in [2.45, 2.75) is 48.8 Å². The molecular formula is C12H17NO2S. The molecule has 0 spiro atoms. The molecule has 1 fully saturated rings. The molecule has 1 aromatic heterocycles. The second kappa shape index (κ2) is 4.95. The number of aromatic nitrogens is 1. The Kier molecular flexibility index (Phi) is 3.59. The van der Waals surface area contributed by atoms with Crippen molar-refractivity contribution < 1.29 is 8.42 Å². The van der Waals surface area contributed by atoms with Crippen molar-refractivity contribution in [3.8, 4) is 0 Å².